The van der Waals surface area contributed by atoms with E-state index in [9.17, 15) is 8.78 Å². The quantitative estimate of drug-likeness (QED) is 0.650. The summed E-state index contributed by atoms with van der Waals surface area (Å²) in [5.74, 6) is -0.209. The van der Waals surface area contributed by atoms with E-state index in [4.69, 9.17) is 4.74 Å². The Morgan fingerprint density at radius 1 is 1.00 bits per heavy atom. The molecular weight excluding hydrogens is 382 g/mol. The maximum atomic E-state index is 13.3. The highest BCUT2D eigenvalue weighted by Gasteiger charge is 2.05. The number of benzene rings is 2. The van der Waals surface area contributed by atoms with Gasteiger partial charge in [0.1, 0.15) is 24.0 Å². The molecule has 2 aromatic rings. The lowest BCUT2D eigenvalue weighted by molar-refractivity contribution is 0.303. The van der Waals surface area contributed by atoms with Crippen LogP contribution in [0, 0.1) is 11.6 Å². The van der Waals surface area contributed by atoms with Crippen LogP contribution in [-0.2, 0) is 11.9 Å². The molecule has 0 aromatic heterocycles. The second-order valence-electron chi connectivity index (χ2n) is 3.95. The van der Waals surface area contributed by atoms with Crippen molar-refractivity contribution in [3.63, 3.8) is 0 Å². The van der Waals surface area contributed by atoms with Gasteiger partial charge in [-0.05, 0) is 29.8 Å². The first kappa shape index (κ1) is 14.5. The van der Waals surface area contributed by atoms with E-state index in [0.29, 0.717) is 15.6 Å². The third-order valence-corrected chi connectivity index (χ3v) is 3.88. The monoisotopic (exact) mass is 390 g/mol. The Morgan fingerprint density at radius 3 is 2.47 bits per heavy atom. The van der Waals surface area contributed by atoms with Crippen molar-refractivity contribution in [2.45, 2.75) is 11.9 Å². The first-order valence-electron chi connectivity index (χ1n) is 5.50. The lowest BCUT2D eigenvalue weighted by Crippen LogP contribution is -1.98. The number of rotatable bonds is 4. The van der Waals surface area contributed by atoms with Crippen molar-refractivity contribution in [3.05, 3.63) is 63.6 Å². The molecule has 0 saturated heterocycles. The smallest absolute Gasteiger partial charge is 0.127 e. The van der Waals surface area contributed by atoms with Crippen molar-refractivity contribution in [3.8, 4) is 5.75 Å². The van der Waals surface area contributed by atoms with Gasteiger partial charge in [-0.15, -0.1) is 0 Å². The summed E-state index contributed by atoms with van der Waals surface area (Å²) in [6, 6.07) is 8.88. The van der Waals surface area contributed by atoms with E-state index < -0.39 is 0 Å². The second kappa shape index (κ2) is 6.48. The van der Waals surface area contributed by atoms with Crippen LogP contribution in [0.25, 0.3) is 0 Å². The van der Waals surface area contributed by atoms with Gasteiger partial charge in [-0.1, -0.05) is 37.9 Å². The standard InChI is InChI=1S/C14H10Br2F2O/c15-7-9-3-12(18)5-13(4-9)19-8-10-1-2-11(17)6-14(10)16/h1-6H,7-8H2. The van der Waals surface area contributed by atoms with Crippen LogP contribution in [0.1, 0.15) is 11.1 Å². The molecular formula is C14H10Br2F2O. The molecule has 0 atom stereocenters. The van der Waals surface area contributed by atoms with Crippen LogP contribution in [0.2, 0.25) is 0 Å². The van der Waals surface area contributed by atoms with Crippen LogP contribution in [0.5, 0.6) is 5.75 Å². The average Bonchev–Trinajstić information content (AvgIpc) is 2.37. The van der Waals surface area contributed by atoms with Crippen LogP contribution in [0.4, 0.5) is 8.78 Å². The van der Waals surface area contributed by atoms with Crippen molar-refractivity contribution in [1.29, 1.82) is 0 Å². The van der Waals surface area contributed by atoms with Crippen LogP contribution in [0.15, 0.2) is 40.9 Å². The molecule has 0 saturated carbocycles. The summed E-state index contributed by atoms with van der Waals surface area (Å²) in [6.07, 6.45) is 0. The van der Waals surface area contributed by atoms with E-state index in [0.717, 1.165) is 11.1 Å². The normalized spacial score (nSPS) is 10.5. The van der Waals surface area contributed by atoms with Gasteiger partial charge >= 0.3 is 0 Å². The molecule has 5 heteroatoms. The van der Waals surface area contributed by atoms with Crippen LogP contribution < -0.4 is 4.74 Å². The molecule has 0 aliphatic carbocycles. The number of ether oxygens (including phenoxy) is 1. The zero-order valence-corrected chi connectivity index (χ0v) is 13.0. The molecule has 2 aromatic carbocycles. The van der Waals surface area contributed by atoms with Gasteiger partial charge in [-0.3, -0.25) is 0 Å². The van der Waals surface area contributed by atoms with Gasteiger partial charge in [-0.25, -0.2) is 8.78 Å². The third-order valence-electron chi connectivity index (χ3n) is 2.49. The van der Waals surface area contributed by atoms with Crippen molar-refractivity contribution in [1.82, 2.24) is 0 Å². The summed E-state index contributed by atoms with van der Waals surface area (Å²) in [5.41, 5.74) is 1.60. The Balaban J connectivity index is 2.12. The molecule has 0 fully saturated rings. The highest BCUT2D eigenvalue weighted by molar-refractivity contribution is 9.10. The Kier molecular flexibility index (Phi) is 4.93. The number of halogens is 4. The van der Waals surface area contributed by atoms with Gasteiger partial charge in [0, 0.05) is 21.4 Å². The minimum Gasteiger partial charge on any atom is -0.489 e. The van der Waals surface area contributed by atoms with Crippen molar-refractivity contribution in [2.24, 2.45) is 0 Å². The summed E-state index contributed by atoms with van der Waals surface area (Å²) in [7, 11) is 0. The average molecular weight is 392 g/mol. The fraction of sp³-hybridized carbons (Fsp3) is 0.143. The third kappa shape index (κ3) is 4.01. The van der Waals surface area contributed by atoms with E-state index in [2.05, 4.69) is 31.9 Å². The van der Waals surface area contributed by atoms with Gasteiger partial charge in [0.05, 0.1) is 0 Å². The predicted octanol–water partition coefficient (Wildman–Crippen LogP) is 5.20. The summed E-state index contributed by atoms with van der Waals surface area (Å²) in [6.45, 7) is 0.242. The fourth-order valence-corrected chi connectivity index (χ4v) is 2.37. The zero-order valence-electron chi connectivity index (χ0n) is 9.80. The molecule has 0 bridgehead atoms. The van der Waals surface area contributed by atoms with E-state index >= 15 is 0 Å². The topological polar surface area (TPSA) is 9.23 Å². The Hall–Kier alpha value is -0.940. The van der Waals surface area contributed by atoms with Gasteiger partial charge in [0.25, 0.3) is 0 Å². The van der Waals surface area contributed by atoms with E-state index in [-0.39, 0.29) is 18.2 Å². The molecule has 2 rings (SSSR count). The fourth-order valence-electron chi connectivity index (χ4n) is 1.58. The molecule has 0 aliphatic rings. The van der Waals surface area contributed by atoms with Crippen LogP contribution in [-0.4, -0.2) is 0 Å². The van der Waals surface area contributed by atoms with Gasteiger partial charge < -0.3 is 4.74 Å². The molecule has 0 radical (unpaired) electrons. The Bertz CT molecular complexity index is 588. The Morgan fingerprint density at radius 2 is 1.79 bits per heavy atom. The number of hydrogen-bond donors (Lipinski definition) is 0. The van der Waals surface area contributed by atoms with Gasteiger partial charge in [0.2, 0.25) is 0 Å². The second-order valence-corrected chi connectivity index (χ2v) is 5.37. The number of hydrogen-bond acceptors (Lipinski definition) is 1. The van der Waals surface area contributed by atoms with Crippen LogP contribution >= 0.6 is 31.9 Å². The molecule has 0 aliphatic heterocycles. The molecule has 0 amide bonds. The maximum Gasteiger partial charge on any atom is 0.127 e. The molecule has 1 nitrogen and oxygen atoms in total. The lowest BCUT2D eigenvalue weighted by Gasteiger charge is -2.09. The summed E-state index contributed by atoms with van der Waals surface area (Å²) >= 11 is 6.53. The Labute approximate surface area is 126 Å². The van der Waals surface area contributed by atoms with E-state index in [1.54, 1.807) is 12.1 Å². The molecule has 19 heavy (non-hydrogen) atoms. The SMILES string of the molecule is Fc1cc(CBr)cc(OCc2ccc(F)cc2Br)c1. The summed E-state index contributed by atoms with van der Waals surface area (Å²) < 4.78 is 32.4. The van der Waals surface area contributed by atoms with Gasteiger partial charge in [0.15, 0.2) is 0 Å². The highest BCUT2D eigenvalue weighted by Crippen LogP contribution is 2.22. The number of alkyl halides is 1. The van der Waals surface area contributed by atoms with Crippen molar-refractivity contribution >= 4 is 31.9 Å². The van der Waals surface area contributed by atoms with E-state index in [1.807, 2.05) is 0 Å². The van der Waals surface area contributed by atoms with E-state index in [1.165, 1.54) is 24.3 Å². The van der Waals surface area contributed by atoms with Crippen molar-refractivity contribution in [2.75, 3.05) is 0 Å². The molecule has 0 unspecified atom stereocenters. The molecule has 0 heterocycles. The maximum absolute atomic E-state index is 13.3. The summed E-state index contributed by atoms with van der Waals surface area (Å²) in [5, 5.41) is 0.557. The summed E-state index contributed by atoms with van der Waals surface area (Å²) in [4.78, 5) is 0. The van der Waals surface area contributed by atoms with Crippen molar-refractivity contribution < 1.29 is 13.5 Å². The predicted molar refractivity (Wildman–Crippen MR) is 77.5 cm³/mol. The van der Waals surface area contributed by atoms with Crippen LogP contribution in [0.3, 0.4) is 0 Å². The zero-order chi connectivity index (χ0) is 13.8. The molecule has 100 valence electrons. The largest absolute Gasteiger partial charge is 0.489 e. The first-order valence-corrected chi connectivity index (χ1v) is 7.42. The lowest BCUT2D eigenvalue weighted by atomic mass is 10.2. The molecule has 0 N–H and O–H groups in total. The minimum absolute atomic E-state index is 0.242. The van der Waals surface area contributed by atoms with Gasteiger partial charge in [-0.2, -0.15) is 0 Å². The first-order chi connectivity index (χ1) is 9.08. The highest BCUT2D eigenvalue weighted by atomic mass is 79.9. The molecule has 0 spiro atoms. The minimum atomic E-state index is -0.342.